The zero-order valence-corrected chi connectivity index (χ0v) is 20.8. The molecule has 8 nitrogen and oxygen atoms in total. The summed E-state index contributed by atoms with van der Waals surface area (Å²) in [5, 5.41) is 11.8. The summed E-state index contributed by atoms with van der Waals surface area (Å²) in [6.07, 6.45) is 2.35. The molecule has 0 bridgehead atoms. The lowest BCUT2D eigenvalue weighted by Gasteiger charge is -2.30. The fourth-order valence-electron chi connectivity index (χ4n) is 5.25. The maximum absolute atomic E-state index is 13.6. The van der Waals surface area contributed by atoms with Crippen molar-refractivity contribution in [2.24, 2.45) is 4.99 Å². The van der Waals surface area contributed by atoms with E-state index in [4.69, 9.17) is 10.1 Å². The maximum atomic E-state index is 13.6. The van der Waals surface area contributed by atoms with E-state index in [1.165, 1.54) is 24.1 Å². The van der Waals surface area contributed by atoms with Gasteiger partial charge in [-0.05, 0) is 68.6 Å². The van der Waals surface area contributed by atoms with Gasteiger partial charge in [-0.1, -0.05) is 24.3 Å². The molecule has 3 aliphatic heterocycles. The normalized spacial score (nSPS) is 20.4. The van der Waals surface area contributed by atoms with E-state index >= 15 is 0 Å². The molecule has 1 unspecified atom stereocenters. The number of carbonyl (C=O) groups excluding carboxylic acids is 1. The van der Waals surface area contributed by atoms with Crippen molar-refractivity contribution >= 4 is 29.2 Å². The second kappa shape index (κ2) is 8.44. The average Bonchev–Trinajstić information content (AvgIpc) is 3.58. The number of amides is 1. The van der Waals surface area contributed by atoms with Gasteiger partial charge in [0, 0.05) is 18.8 Å². The standard InChI is InChI=1S/C27H30FN7O/c1-27(2)16-34-24-22(25(36)33(3)26(34)31-27)23(30-20-12-10-19(28)11-13-20)35(32-24)15-17-6-8-18(9-7-17)21-5-4-14-29-21/h6-13,21,29-30H,4-5,14-16H2,1-3H3. The molecule has 1 fully saturated rings. The highest BCUT2D eigenvalue weighted by molar-refractivity contribution is 6.20. The molecule has 4 heterocycles. The quantitative estimate of drug-likeness (QED) is 0.562. The maximum Gasteiger partial charge on any atom is 0.267 e. The van der Waals surface area contributed by atoms with Crippen LogP contribution in [0.1, 0.15) is 54.2 Å². The van der Waals surface area contributed by atoms with Crippen molar-refractivity contribution < 1.29 is 9.18 Å². The van der Waals surface area contributed by atoms with E-state index in [2.05, 4.69) is 34.9 Å². The molecule has 6 rings (SSSR count). The Hall–Kier alpha value is -3.72. The number of halogens is 1. The van der Waals surface area contributed by atoms with E-state index in [0.717, 1.165) is 18.5 Å². The van der Waals surface area contributed by atoms with Crippen LogP contribution in [-0.2, 0) is 6.54 Å². The third-order valence-electron chi connectivity index (χ3n) is 7.08. The second-order valence-electron chi connectivity index (χ2n) is 10.4. The highest BCUT2D eigenvalue weighted by atomic mass is 19.1. The van der Waals surface area contributed by atoms with Crippen molar-refractivity contribution in [1.82, 2.24) is 20.0 Å². The van der Waals surface area contributed by atoms with Gasteiger partial charge in [-0.25, -0.2) is 14.1 Å². The van der Waals surface area contributed by atoms with Gasteiger partial charge in [0.05, 0.1) is 18.6 Å². The van der Waals surface area contributed by atoms with Crippen LogP contribution in [0.5, 0.6) is 0 Å². The van der Waals surface area contributed by atoms with Gasteiger partial charge in [0.15, 0.2) is 5.82 Å². The summed E-state index contributed by atoms with van der Waals surface area (Å²) < 4.78 is 15.4. The van der Waals surface area contributed by atoms with Gasteiger partial charge in [-0.15, -0.1) is 0 Å². The molecule has 2 aromatic carbocycles. The molecule has 2 N–H and O–H groups in total. The van der Waals surface area contributed by atoms with Gasteiger partial charge >= 0.3 is 0 Å². The Morgan fingerprint density at radius 3 is 2.58 bits per heavy atom. The molecule has 9 heteroatoms. The van der Waals surface area contributed by atoms with Crippen LogP contribution in [0.2, 0.25) is 0 Å². The van der Waals surface area contributed by atoms with E-state index < -0.39 is 0 Å². The number of nitrogens with zero attached hydrogens (tertiary/aromatic N) is 5. The first-order valence-electron chi connectivity index (χ1n) is 12.4. The van der Waals surface area contributed by atoms with Crippen molar-refractivity contribution in [2.75, 3.05) is 30.4 Å². The third-order valence-corrected chi connectivity index (χ3v) is 7.08. The first kappa shape index (κ1) is 22.7. The highest BCUT2D eigenvalue weighted by Gasteiger charge is 2.45. The number of benzene rings is 2. The Bertz CT molecular complexity index is 1340. The Kier molecular flexibility index (Phi) is 5.33. The summed E-state index contributed by atoms with van der Waals surface area (Å²) in [6, 6.07) is 15.1. The number of nitrogens with one attached hydrogen (secondary N) is 2. The summed E-state index contributed by atoms with van der Waals surface area (Å²) in [6.45, 7) is 6.26. The fourth-order valence-corrected chi connectivity index (χ4v) is 5.25. The SMILES string of the molecule is CN1C(=O)c2c(nn(Cc3ccc(C4CCCN4)cc3)c2Nc2ccc(F)cc2)N2CC(C)(C)N=C12. The minimum atomic E-state index is -0.329. The number of hydrogen-bond donors (Lipinski definition) is 2. The van der Waals surface area contributed by atoms with Crippen molar-refractivity contribution in [2.45, 2.75) is 44.8 Å². The summed E-state index contributed by atoms with van der Waals surface area (Å²) >= 11 is 0. The highest BCUT2D eigenvalue weighted by Crippen LogP contribution is 2.39. The lowest BCUT2D eigenvalue weighted by atomic mass is 10.0. The van der Waals surface area contributed by atoms with E-state index in [0.29, 0.717) is 48.0 Å². The van der Waals surface area contributed by atoms with Crippen LogP contribution in [0.3, 0.4) is 0 Å². The molecule has 0 aliphatic carbocycles. The molecule has 1 aromatic heterocycles. The Morgan fingerprint density at radius 2 is 1.89 bits per heavy atom. The van der Waals surface area contributed by atoms with Crippen molar-refractivity contribution in [3.05, 3.63) is 71.0 Å². The molecular formula is C27H30FN7O. The van der Waals surface area contributed by atoms with Crippen LogP contribution in [0.4, 0.5) is 21.7 Å². The number of rotatable bonds is 5. The van der Waals surface area contributed by atoms with E-state index in [1.807, 2.05) is 23.4 Å². The van der Waals surface area contributed by atoms with Gasteiger partial charge < -0.3 is 10.6 Å². The molecule has 36 heavy (non-hydrogen) atoms. The van der Waals surface area contributed by atoms with Crippen LogP contribution in [0.15, 0.2) is 53.5 Å². The Balaban J connectivity index is 1.40. The molecule has 3 aliphatic rings. The summed E-state index contributed by atoms with van der Waals surface area (Å²) in [5.41, 5.74) is 3.21. The zero-order chi connectivity index (χ0) is 25.0. The van der Waals surface area contributed by atoms with Crippen LogP contribution < -0.4 is 15.5 Å². The molecule has 1 saturated heterocycles. The Morgan fingerprint density at radius 1 is 1.14 bits per heavy atom. The van der Waals surface area contributed by atoms with Gasteiger partial charge in [-0.3, -0.25) is 14.6 Å². The van der Waals surface area contributed by atoms with E-state index in [-0.39, 0.29) is 17.3 Å². The van der Waals surface area contributed by atoms with Gasteiger partial charge in [0.25, 0.3) is 5.91 Å². The first-order chi connectivity index (χ1) is 17.3. The van der Waals surface area contributed by atoms with Crippen LogP contribution in [0, 0.1) is 5.82 Å². The van der Waals surface area contributed by atoms with E-state index in [1.54, 1.807) is 24.1 Å². The lowest BCUT2D eigenvalue weighted by Crippen LogP contribution is -2.48. The predicted molar refractivity (Wildman–Crippen MR) is 138 cm³/mol. The number of carbonyl (C=O) groups is 1. The molecule has 3 aromatic rings. The van der Waals surface area contributed by atoms with Gasteiger partial charge in [0.1, 0.15) is 17.2 Å². The fraction of sp³-hybridized carbons (Fsp3) is 0.370. The largest absolute Gasteiger partial charge is 0.340 e. The van der Waals surface area contributed by atoms with E-state index in [9.17, 15) is 9.18 Å². The van der Waals surface area contributed by atoms with Crippen molar-refractivity contribution in [1.29, 1.82) is 0 Å². The number of guanidine groups is 1. The topological polar surface area (TPSA) is 77.8 Å². The predicted octanol–water partition coefficient (Wildman–Crippen LogP) is 4.28. The molecule has 0 spiro atoms. The summed E-state index contributed by atoms with van der Waals surface area (Å²) in [5.74, 6) is 1.31. The monoisotopic (exact) mass is 487 g/mol. The molecule has 186 valence electrons. The minimum Gasteiger partial charge on any atom is -0.340 e. The third kappa shape index (κ3) is 3.93. The summed E-state index contributed by atoms with van der Waals surface area (Å²) in [4.78, 5) is 21.9. The van der Waals surface area contributed by atoms with Crippen LogP contribution in [0.25, 0.3) is 0 Å². The number of anilines is 3. The zero-order valence-electron chi connectivity index (χ0n) is 20.8. The average molecular weight is 488 g/mol. The number of fused-ring (bicyclic) bond motifs is 3. The Labute approximate surface area is 209 Å². The van der Waals surface area contributed by atoms with Crippen molar-refractivity contribution in [3.8, 4) is 0 Å². The number of hydrogen-bond acceptors (Lipinski definition) is 6. The molecular weight excluding hydrogens is 457 g/mol. The minimum absolute atomic E-state index is 0.170. The van der Waals surface area contributed by atoms with Gasteiger partial charge in [-0.2, -0.15) is 5.10 Å². The number of aromatic nitrogens is 2. The second-order valence-corrected chi connectivity index (χ2v) is 10.4. The first-order valence-corrected chi connectivity index (χ1v) is 12.4. The van der Waals surface area contributed by atoms with Crippen LogP contribution >= 0.6 is 0 Å². The number of aliphatic imine (C=N–C) groups is 1. The molecule has 1 amide bonds. The van der Waals surface area contributed by atoms with Crippen LogP contribution in [-0.4, -0.2) is 52.2 Å². The lowest BCUT2D eigenvalue weighted by molar-refractivity contribution is 0.0866. The van der Waals surface area contributed by atoms with Crippen molar-refractivity contribution in [3.63, 3.8) is 0 Å². The molecule has 0 radical (unpaired) electrons. The summed E-state index contributed by atoms with van der Waals surface area (Å²) in [7, 11) is 1.74. The smallest absolute Gasteiger partial charge is 0.267 e. The molecule has 1 atom stereocenters. The van der Waals surface area contributed by atoms with Gasteiger partial charge in [0.2, 0.25) is 5.96 Å². The molecule has 0 saturated carbocycles.